The van der Waals surface area contributed by atoms with E-state index in [0.717, 1.165) is 16.3 Å². The van der Waals surface area contributed by atoms with Crippen LogP contribution in [0.2, 0.25) is 5.15 Å². The highest BCUT2D eigenvalue weighted by Gasteiger charge is 2.38. The minimum absolute atomic E-state index is 0.119. The van der Waals surface area contributed by atoms with Crippen LogP contribution in [0, 0.1) is 0 Å². The molecule has 0 saturated carbocycles. The third-order valence-electron chi connectivity index (χ3n) is 5.13. The minimum Gasteiger partial charge on any atom is -0.475 e. The first-order chi connectivity index (χ1) is 19.8. The molecule has 0 spiro atoms. The smallest absolute Gasteiger partial charge is 0.475 e. The van der Waals surface area contributed by atoms with Crippen LogP contribution in [0.1, 0.15) is 11.3 Å². The molecule has 0 aliphatic rings. The van der Waals surface area contributed by atoms with E-state index in [1.165, 1.54) is 35.4 Å². The van der Waals surface area contributed by atoms with Gasteiger partial charge in [-0.25, -0.2) is 14.5 Å². The Morgan fingerprint density at radius 2 is 1.71 bits per heavy atom. The summed E-state index contributed by atoms with van der Waals surface area (Å²) in [6, 6.07) is 11.3. The first kappa shape index (κ1) is 31.5. The number of tetrazole rings is 1. The lowest BCUT2D eigenvalue weighted by Crippen LogP contribution is -2.35. The van der Waals surface area contributed by atoms with Gasteiger partial charge in [0.2, 0.25) is 5.91 Å². The monoisotopic (exact) mass is 615 g/mol. The van der Waals surface area contributed by atoms with E-state index in [4.69, 9.17) is 21.5 Å². The van der Waals surface area contributed by atoms with Gasteiger partial charge in [0.25, 0.3) is 5.56 Å². The highest BCUT2D eigenvalue weighted by atomic mass is 35.5. The number of hydrogen-bond donors (Lipinski definition) is 3. The van der Waals surface area contributed by atoms with Gasteiger partial charge in [0, 0.05) is 12.7 Å². The van der Waals surface area contributed by atoms with Crippen LogP contribution < -0.4 is 16.2 Å². The second-order valence-electron chi connectivity index (χ2n) is 8.06. The van der Waals surface area contributed by atoms with E-state index in [0.29, 0.717) is 5.69 Å². The zero-order chi connectivity index (χ0) is 30.9. The van der Waals surface area contributed by atoms with E-state index in [1.54, 1.807) is 24.3 Å². The molecule has 0 aliphatic heterocycles. The number of carboxylic acid groups (broad SMARTS) is 1. The third kappa shape index (κ3) is 8.50. The van der Waals surface area contributed by atoms with Gasteiger partial charge in [0.1, 0.15) is 23.7 Å². The Kier molecular flexibility index (Phi) is 10.2. The molecule has 0 fully saturated rings. The van der Waals surface area contributed by atoms with Crippen molar-refractivity contribution in [2.75, 3.05) is 11.9 Å². The third-order valence-corrected chi connectivity index (χ3v) is 5.43. The number of nitrogens with one attached hydrogen (secondary N) is 2. The van der Waals surface area contributed by atoms with E-state index < -0.39 is 48.3 Å². The van der Waals surface area contributed by atoms with Gasteiger partial charge in [-0.1, -0.05) is 35.9 Å². The molecule has 0 aliphatic carbocycles. The van der Waals surface area contributed by atoms with Crippen molar-refractivity contribution in [3.8, 4) is 5.69 Å². The van der Waals surface area contributed by atoms with E-state index in [-0.39, 0.29) is 17.5 Å². The van der Waals surface area contributed by atoms with Crippen molar-refractivity contribution < 1.29 is 36.6 Å². The number of nitrogens with zero attached hydrogens (tertiary/aromatic N) is 7. The molecule has 0 radical (unpaired) electrons. The van der Waals surface area contributed by atoms with Crippen molar-refractivity contribution >= 4 is 29.3 Å². The summed E-state index contributed by atoms with van der Waals surface area (Å²) in [6.07, 6.45) is -1.32. The molecule has 1 amide bonds. The van der Waals surface area contributed by atoms with Gasteiger partial charge < -0.3 is 15.7 Å². The van der Waals surface area contributed by atoms with E-state index in [1.807, 2.05) is 0 Å². The molecule has 13 nitrogen and oxygen atoms in total. The number of hydrogen-bond acceptors (Lipinski definition) is 9. The van der Waals surface area contributed by atoms with Crippen molar-refractivity contribution in [1.82, 2.24) is 40.1 Å². The maximum Gasteiger partial charge on any atom is 0.490 e. The summed E-state index contributed by atoms with van der Waals surface area (Å²) in [6.45, 7) is -1.25. The number of aliphatic carboxylic acids is 1. The fraction of sp³-hybridized carbons (Fsp3) is 0.217. The summed E-state index contributed by atoms with van der Waals surface area (Å²) in [5.74, 6) is -7.02. The van der Waals surface area contributed by atoms with Crippen LogP contribution in [-0.2, 0) is 28.6 Å². The van der Waals surface area contributed by atoms with Crippen LogP contribution in [0.4, 0.5) is 27.8 Å². The maximum absolute atomic E-state index is 14.4. The van der Waals surface area contributed by atoms with Crippen molar-refractivity contribution in [1.29, 1.82) is 0 Å². The number of carboxylic acids is 1. The van der Waals surface area contributed by atoms with Gasteiger partial charge in [0.15, 0.2) is 5.82 Å². The first-order valence-corrected chi connectivity index (χ1v) is 11.8. The summed E-state index contributed by atoms with van der Waals surface area (Å²) in [5, 5.41) is 23.1. The number of para-hydroxylation sites is 1. The van der Waals surface area contributed by atoms with Crippen LogP contribution >= 0.6 is 11.6 Å². The second-order valence-corrected chi connectivity index (χ2v) is 8.44. The molecule has 42 heavy (non-hydrogen) atoms. The Morgan fingerprint density at radius 3 is 2.33 bits per heavy atom. The molecule has 0 atom stereocenters. The van der Waals surface area contributed by atoms with Crippen LogP contribution in [0.15, 0.2) is 66.0 Å². The molecule has 3 aromatic heterocycles. The molecule has 1 aromatic carbocycles. The van der Waals surface area contributed by atoms with E-state index in [9.17, 15) is 31.5 Å². The average molecular weight is 616 g/mol. The van der Waals surface area contributed by atoms with Gasteiger partial charge in [-0.15, -0.1) is 5.10 Å². The lowest BCUT2D eigenvalue weighted by atomic mass is 10.2. The van der Waals surface area contributed by atoms with Crippen molar-refractivity contribution in [2.45, 2.75) is 25.2 Å². The predicted octanol–water partition coefficient (Wildman–Crippen LogP) is 2.42. The normalized spacial score (nSPS) is 11.3. The fourth-order valence-electron chi connectivity index (χ4n) is 3.15. The first-order valence-electron chi connectivity index (χ1n) is 11.5. The van der Waals surface area contributed by atoms with E-state index in [2.05, 4.69) is 36.1 Å². The number of rotatable bonds is 9. The van der Waals surface area contributed by atoms with Gasteiger partial charge in [-0.2, -0.15) is 22.0 Å². The largest absolute Gasteiger partial charge is 0.490 e. The number of anilines is 1. The summed E-state index contributed by atoms with van der Waals surface area (Å²) in [7, 11) is 0. The molecule has 19 heteroatoms. The Labute approximate surface area is 237 Å². The van der Waals surface area contributed by atoms with Crippen LogP contribution in [0.3, 0.4) is 0 Å². The second kappa shape index (κ2) is 13.6. The molecule has 4 rings (SSSR count). The molecule has 0 saturated heterocycles. The summed E-state index contributed by atoms with van der Waals surface area (Å²) >= 11 is 6.05. The van der Waals surface area contributed by atoms with Gasteiger partial charge in [0.05, 0.1) is 18.4 Å². The number of benzene rings is 1. The average Bonchev–Trinajstić information content (AvgIpc) is 3.49. The van der Waals surface area contributed by atoms with E-state index >= 15 is 0 Å². The van der Waals surface area contributed by atoms with Gasteiger partial charge in [-0.3, -0.25) is 19.1 Å². The minimum atomic E-state index is -5.08. The highest BCUT2D eigenvalue weighted by Crippen LogP contribution is 2.25. The lowest BCUT2D eigenvalue weighted by molar-refractivity contribution is -0.192. The lowest BCUT2D eigenvalue weighted by Gasteiger charge is -2.17. The van der Waals surface area contributed by atoms with Crippen LogP contribution in [-0.4, -0.2) is 64.4 Å². The zero-order valence-corrected chi connectivity index (χ0v) is 21.7. The van der Waals surface area contributed by atoms with Crippen molar-refractivity contribution in [2.24, 2.45) is 0 Å². The molecule has 0 unspecified atom stereocenters. The molecular formula is C23H19ClF5N9O4. The zero-order valence-electron chi connectivity index (χ0n) is 21.0. The standard InChI is InChI=1S/C21H18ClF2N9O2.C2HF3O2/c22-17-10-27-19(28-12-21(23,24)16-7-3-4-8-25-16)20(35)32(17)11-18(34)26-9-14-5-1-2-6-15(14)33-13-29-30-31-33;3-2(4,5)1(6)7/h1-8,10,13H,9,11-12H2,(H,26,34)(H,27,28);(H,6,7). The number of carbonyl (C=O) groups excluding carboxylic acids is 1. The quantitative estimate of drug-likeness (QED) is 0.238. The van der Waals surface area contributed by atoms with Crippen molar-refractivity contribution in [3.63, 3.8) is 0 Å². The maximum atomic E-state index is 14.4. The number of halogens is 6. The fourth-order valence-corrected chi connectivity index (χ4v) is 3.33. The Balaban J connectivity index is 0.000000616. The van der Waals surface area contributed by atoms with Gasteiger partial charge >= 0.3 is 18.1 Å². The molecule has 3 N–H and O–H groups in total. The summed E-state index contributed by atoms with van der Waals surface area (Å²) < 4.78 is 62.9. The SMILES string of the molecule is O=C(Cn1c(Cl)cnc(NCC(F)(F)c2ccccn2)c1=O)NCc1ccccc1-n1cnnn1.O=C(O)C(F)(F)F. The topological polar surface area (TPSA) is 170 Å². The molecule has 222 valence electrons. The molecule has 0 bridgehead atoms. The van der Waals surface area contributed by atoms with Gasteiger partial charge in [-0.05, 0) is 34.2 Å². The summed E-state index contributed by atoms with van der Waals surface area (Å²) in [5.41, 5.74) is 0.111. The summed E-state index contributed by atoms with van der Waals surface area (Å²) in [4.78, 5) is 41.6. The Bertz CT molecular complexity index is 1570. The van der Waals surface area contributed by atoms with Crippen LogP contribution in [0.25, 0.3) is 5.69 Å². The number of amides is 1. The Hall–Kier alpha value is -5.00. The number of alkyl halides is 5. The number of pyridine rings is 1. The Morgan fingerprint density at radius 1 is 1.02 bits per heavy atom. The van der Waals surface area contributed by atoms with Crippen LogP contribution in [0.5, 0.6) is 0 Å². The highest BCUT2D eigenvalue weighted by molar-refractivity contribution is 6.29. The van der Waals surface area contributed by atoms with Crippen molar-refractivity contribution in [3.05, 3.63) is 87.9 Å². The molecule has 4 aromatic rings. The molecular weight excluding hydrogens is 597 g/mol. The number of carbonyl (C=O) groups is 2. The number of aromatic nitrogens is 7. The molecule has 3 heterocycles. The predicted molar refractivity (Wildman–Crippen MR) is 135 cm³/mol.